The Bertz CT molecular complexity index is 755. The maximum atomic E-state index is 12.5. The zero-order valence-corrected chi connectivity index (χ0v) is 15.1. The van der Waals surface area contributed by atoms with E-state index >= 15 is 0 Å². The lowest BCUT2D eigenvalue weighted by Crippen LogP contribution is -2.43. The summed E-state index contributed by atoms with van der Waals surface area (Å²) in [4.78, 5) is 26.4. The Morgan fingerprint density at radius 3 is 2.44 bits per heavy atom. The maximum Gasteiger partial charge on any atom is 0.317 e. The molecule has 0 spiro atoms. The molecule has 7 heteroatoms. The summed E-state index contributed by atoms with van der Waals surface area (Å²) >= 11 is 0. The van der Waals surface area contributed by atoms with E-state index < -0.39 is 15.3 Å². The fourth-order valence-electron chi connectivity index (χ4n) is 3.50. The van der Waals surface area contributed by atoms with Crippen LogP contribution in [0.5, 0.6) is 0 Å². The van der Waals surface area contributed by atoms with Crippen molar-refractivity contribution in [2.45, 2.75) is 37.6 Å². The second kappa shape index (κ2) is 6.78. The number of likely N-dealkylation sites (N-methyl/N-ethyl adjacent to an activating group) is 1. The molecule has 2 aliphatic rings. The summed E-state index contributed by atoms with van der Waals surface area (Å²) in [5, 5.41) is 0. The molecule has 25 heavy (non-hydrogen) atoms. The largest absolute Gasteiger partial charge is 0.455 e. The summed E-state index contributed by atoms with van der Waals surface area (Å²) in [7, 11) is -3.07. The first kappa shape index (κ1) is 17.9. The first-order valence-electron chi connectivity index (χ1n) is 8.60. The van der Waals surface area contributed by atoms with Gasteiger partial charge in [0.2, 0.25) is 0 Å². The number of rotatable bonds is 6. The van der Waals surface area contributed by atoms with E-state index in [1.54, 1.807) is 6.92 Å². The van der Waals surface area contributed by atoms with Gasteiger partial charge in [-0.05, 0) is 31.7 Å². The van der Waals surface area contributed by atoms with Crippen molar-refractivity contribution in [3.8, 4) is 0 Å². The lowest BCUT2D eigenvalue weighted by molar-refractivity contribution is -0.154. The normalized spacial score (nSPS) is 23.0. The number of hydrogen-bond donors (Lipinski definition) is 0. The third kappa shape index (κ3) is 3.71. The zero-order chi connectivity index (χ0) is 18.1. The van der Waals surface area contributed by atoms with E-state index in [1.807, 2.05) is 30.3 Å². The van der Waals surface area contributed by atoms with E-state index in [2.05, 4.69) is 0 Å². The van der Waals surface area contributed by atoms with Crippen LogP contribution in [0.3, 0.4) is 0 Å². The third-order valence-corrected chi connectivity index (χ3v) is 6.85. The summed E-state index contributed by atoms with van der Waals surface area (Å²) in [5.41, 5.74) is 0.302. The minimum Gasteiger partial charge on any atom is -0.455 e. The minimum atomic E-state index is -3.07. The average molecular weight is 365 g/mol. The van der Waals surface area contributed by atoms with Gasteiger partial charge in [-0.1, -0.05) is 30.3 Å². The van der Waals surface area contributed by atoms with Gasteiger partial charge in [0, 0.05) is 12.6 Å². The number of esters is 1. The predicted octanol–water partition coefficient (Wildman–Crippen LogP) is 1.30. The van der Waals surface area contributed by atoms with E-state index in [0.29, 0.717) is 13.0 Å². The molecule has 1 amide bonds. The first-order chi connectivity index (χ1) is 11.9. The van der Waals surface area contributed by atoms with Gasteiger partial charge in [0.1, 0.15) is 0 Å². The Balaban J connectivity index is 1.59. The van der Waals surface area contributed by atoms with Crippen LogP contribution in [-0.2, 0) is 29.6 Å². The minimum absolute atomic E-state index is 0.00548. The average Bonchev–Trinajstić information content (AvgIpc) is 3.34. The molecular formula is C18H23NO5S. The summed E-state index contributed by atoms with van der Waals surface area (Å²) < 4.78 is 28.5. The van der Waals surface area contributed by atoms with Crippen molar-refractivity contribution in [1.29, 1.82) is 0 Å². The van der Waals surface area contributed by atoms with Crippen molar-refractivity contribution >= 4 is 21.7 Å². The molecule has 0 aromatic heterocycles. The van der Waals surface area contributed by atoms with E-state index in [9.17, 15) is 18.0 Å². The van der Waals surface area contributed by atoms with Crippen molar-refractivity contribution in [1.82, 2.24) is 4.90 Å². The van der Waals surface area contributed by atoms with Crippen molar-refractivity contribution in [2.75, 3.05) is 24.7 Å². The number of sulfone groups is 1. The molecule has 1 saturated heterocycles. The van der Waals surface area contributed by atoms with Crippen LogP contribution >= 0.6 is 0 Å². The number of carbonyl (C=O) groups excluding carboxylic acids is 2. The molecule has 1 aromatic carbocycles. The number of hydrogen-bond acceptors (Lipinski definition) is 5. The topological polar surface area (TPSA) is 80.8 Å². The highest BCUT2D eigenvalue weighted by Gasteiger charge is 2.53. The molecule has 0 radical (unpaired) electrons. The van der Waals surface area contributed by atoms with Crippen LogP contribution in [0, 0.1) is 0 Å². The molecule has 6 nitrogen and oxygen atoms in total. The van der Waals surface area contributed by atoms with Crippen LogP contribution in [0.2, 0.25) is 0 Å². The summed E-state index contributed by atoms with van der Waals surface area (Å²) in [6, 6.07) is 9.14. The lowest BCUT2D eigenvalue weighted by atomic mass is 9.96. The monoisotopic (exact) mass is 365 g/mol. The van der Waals surface area contributed by atoms with Crippen molar-refractivity contribution in [3.63, 3.8) is 0 Å². The lowest BCUT2D eigenvalue weighted by Gasteiger charge is -2.27. The Morgan fingerprint density at radius 2 is 1.92 bits per heavy atom. The van der Waals surface area contributed by atoms with Crippen LogP contribution in [0.15, 0.2) is 30.3 Å². The van der Waals surface area contributed by atoms with E-state index in [-0.39, 0.29) is 36.0 Å². The van der Waals surface area contributed by atoms with Gasteiger partial charge in [-0.3, -0.25) is 9.59 Å². The Morgan fingerprint density at radius 1 is 1.24 bits per heavy atom. The van der Waals surface area contributed by atoms with Gasteiger partial charge >= 0.3 is 5.97 Å². The fourth-order valence-corrected chi connectivity index (χ4v) is 5.23. The van der Waals surface area contributed by atoms with Gasteiger partial charge in [-0.25, -0.2) is 8.42 Å². The highest BCUT2D eigenvalue weighted by atomic mass is 32.2. The van der Waals surface area contributed by atoms with Gasteiger partial charge in [0.25, 0.3) is 5.91 Å². The van der Waals surface area contributed by atoms with Crippen molar-refractivity contribution < 1.29 is 22.7 Å². The molecule has 136 valence electrons. The molecule has 1 aromatic rings. The van der Waals surface area contributed by atoms with E-state index in [0.717, 1.165) is 18.4 Å². The molecule has 0 bridgehead atoms. The SMILES string of the molecule is CCN(C(=O)COC(=O)C1(c2ccccc2)CC1)[C@@H]1CCS(=O)(=O)C1. The Labute approximate surface area is 148 Å². The number of amides is 1. The van der Waals surface area contributed by atoms with E-state index in [4.69, 9.17) is 4.74 Å². The predicted molar refractivity (Wildman–Crippen MR) is 92.8 cm³/mol. The van der Waals surface area contributed by atoms with Crippen LogP contribution < -0.4 is 0 Å². The summed E-state index contributed by atoms with van der Waals surface area (Å²) in [5.74, 6) is -0.601. The van der Waals surface area contributed by atoms with Crippen LogP contribution in [0.4, 0.5) is 0 Å². The molecule has 1 aliphatic heterocycles. The van der Waals surface area contributed by atoms with Gasteiger partial charge in [0.15, 0.2) is 16.4 Å². The molecule has 0 N–H and O–H groups in total. The van der Waals surface area contributed by atoms with Gasteiger partial charge in [-0.15, -0.1) is 0 Å². The maximum absolute atomic E-state index is 12.5. The van der Waals surface area contributed by atoms with Crippen LogP contribution in [0.25, 0.3) is 0 Å². The van der Waals surface area contributed by atoms with Crippen molar-refractivity contribution in [2.24, 2.45) is 0 Å². The van der Waals surface area contributed by atoms with Gasteiger partial charge < -0.3 is 9.64 Å². The molecule has 3 rings (SSSR count). The standard InChI is InChI=1S/C18H23NO5S/c1-2-19(15-8-11-25(22,23)13-15)16(20)12-24-17(21)18(9-10-18)14-6-4-3-5-7-14/h3-7,15H,2,8-13H2,1H3/t15-/m1/s1. The molecule has 1 aliphatic carbocycles. The van der Waals surface area contributed by atoms with Crippen LogP contribution in [-0.4, -0.2) is 55.9 Å². The molecular weight excluding hydrogens is 342 g/mol. The quantitative estimate of drug-likeness (QED) is 0.710. The van der Waals surface area contributed by atoms with E-state index in [1.165, 1.54) is 4.90 Å². The highest BCUT2D eigenvalue weighted by molar-refractivity contribution is 7.91. The second-order valence-corrected chi connectivity index (χ2v) is 8.99. The molecule has 0 unspecified atom stereocenters. The summed E-state index contributed by atoms with van der Waals surface area (Å²) in [6.45, 7) is 1.87. The third-order valence-electron chi connectivity index (χ3n) is 5.10. The Hall–Kier alpha value is -1.89. The van der Waals surface area contributed by atoms with Crippen molar-refractivity contribution in [3.05, 3.63) is 35.9 Å². The van der Waals surface area contributed by atoms with Gasteiger partial charge in [0.05, 0.1) is 16.9 Å². The second-order valence-electron chi connectivity index (χ2n) is 6.76. The van der Waals surface area contributed by atoms with Crippen LogP contribution in [0.1, 0.15) is 31.7 Å². The Kier molecular flexibility index (Phi) is 4.86. The molecule has 1 saturated carbocycles. The number of ether oxygens (including phenoxy) is 1. The summed E-state index contributed by atoms with van der Waals surface area (Å²) in [6.07, 6.45) is 1.90. The highest BCUT2D eigenvalue weighted by Crippen LogP contribution is 2.49. The molecule has 1 atom stereocenters. The zero-order valence-electron chi connectivity index (χ0n) is 14.3. The number of nitrogens with zero attached hydrogens (tertiary/aromatic N) is 1. The number of carbonyl (C=O) groups is 2. The fraction of sp³-hybridized carbons (Fsp3) is 0.556. The van der Waals surface area contributed by atoms with Gasteiger partial charge in [-0.2, -0.15) is 0 Å². The smallest absolute Gasteiger partial charge is 0.317 e. The molecule has 2 fully saturated rings. The number of benzene rings is 1. The first-order valence-corrected chi connectivity index (χ1v) is 10.4. The molecule has 1 heterocycles.